The molecule has 0 radical (unpaired) electrons. The molecule has 3 aromatic rings. The fraction of sp³-hybridized carbons (Fsp3) is 0.240. The molecule has 1 N–H and O–H groups in total. The Balaban J connectivity index is 1.42. The second-order valence-electron chi connectivity index (χ2n) is 7.38. The molecule has 0 aliphatic carbocycles. The standard InChI is InChI=1S/C25H25NO3/c27-24(20-11-13-23(14-12-20)29-22-9-5-2-6-10-22)26-19-25(15-17-28-18-16-25)21-7-3-1-4-8-21/h1-14H,15-19H2,(H,26,27). The van der Waals surface area contributed by atoms with Crippen LogP contribution >= 0.6 is 0 Å². The fourth-order valence-corrected chi connectivity index (χ4v) is 3.77. The lowest BCUT2D eigenvalue weighted by Gasteiger charge is -2.38. The molecule has 4 rings (SSSR count). The minimum absolute atomic E-state index is 0.0712. The molecule has 0 atom stereocenters. The summed E-state index contributed by atoms with van der Waals surface area (Å²) in [6.07, 6.45) is 1.81. The number of benzene rings is 3. The summed E-state index contributed by atoms with van der Waals surface area (Å²) in [7, 11) is 0. The molecular weight excluding hydrogens is 362 g/mol. The molecule has 0 bridgehead atoms. The maximum Gasteiger partial charge on any atom is 0.251 e. The van der Waals surface area contributed by atoms with Gasteiger partial charge in [-0.05, 0) is 54.8 Å². The van der Waals surface area contributed by atoms with Crippen molar-refractivity contribution in [1.29, 1.82) is 0 Å². The molecule has 1 heterocycles. The van der Waals surface area contributed by atoms with Crippen LogP contribution in [0.15, 0.2) is 84.9 Å². The highest BCUT2D eigenvalue weighted by atomic mass is 16.5. The molecule has 1 aliphatic heterocycles. The van der Waals surface area contributed by atoms with Crippen molar-refractivity contribution in [2.75, 3.05) is 19.8 Å². The Morgan fingerprint density at radius 2 is 1.41 bits per heavy atom. The van der Waals surface area contributed by atoms with Gasteiger partial charge in [-0.15, -0.1) is 0 Å². The van der Waals surface area contributed by atoms with Crippen LogP contribution in [0.4, 0.5) is 0 Å². The van der Waals surface area contributed by atoms with Gasteiger partial charge in [0.2, 0.25) is 0 Å². The van der Waals surface area contributed by atoms with E-state index in [4.69, 9.17) is 9.47 Å². The van der Waals surface area contributed by atoms with Gasteiger partial charge in [0.25, 0.3) is 5.91 Å². The minimum Gasteiger partial charge on any atom is -0.457 e. The SMILES string of the molecule is O=C(NCC1(c2ccccc2)CCOCC1)c1ccc(Oc2ccccc2)cc1. The number of carbonyl (C=O) groups excluding carboxylic acids is 1. The number of nitrogens with one attached hydrogen (secondary N) is 1. The number of rotatable bonds is 6. The molecule has 4 nitrogen and oxygen atoms in total. The molecule has 1 fully saturated rings. The van der Waals surface area contributed by atoms with Crippen LogP contribution in [-0.2, 0) is 10.2 Å². The summed E-state index contributed by atoms with van der Waals surface area (Å²) in [6.45, 7) is 2.04. The van der Waals surface area contributed by atoms with E-state index < -0.39 is 0 Å². The average molecular weight is 387 g/mol. The van der Waals surface area contributed by atoms with Gasteiger partial charge in [-0.1, -0.05) is 48.5 Å². The highest BCUT2D eigenvalue weighted by Gasteiger charge is 2.34. The summed E-state index contributed by atoms with van der Waals surface area (Å²) >= 11 is 0. The van der Waals surface area contributed by atoms with Gasteiger partial charge in [0.05, 0.1) is 0 Å². The van der Waals surface area contributed by atoms with Gasteiger partial charge >= 0.3 is 0 Å². The third kappa shape index (κ3) is 4.66. The van der Waals surface area contributed by atoms with E-state index in [1.165, 1.54) is 5.56 Å². The van der Waals surface area contributed by atoms with Crippen LogP contribution in [0, 0.1) is 0 Å². The monoisotopic (exact) mass is 387 g/mol. The molecule has 3 aromatic carbocycles. The molecular formula is C25H25NO3. The molecule has 0 unspecified atom stereocenters. The Morgan fingerprint density at radius 1 is 0.828 bits per heavy atom. The van der Waals surface area contributed by atoms with Crippen molar-refractivity contribution in [2.24, 2.45) is 0 Å². The molecule has 0 aromatic heterocycles. The number of carbonyl (C=O) groups is 1. The summed E-state index contributed by atoms with van der Waals surface area (Å²) in [5.74, 6) is 1.41. The van der Waals surface area contributed by atoms with Crippen LogP contribution in [0.5, 0.6) is 11.5 Å². The average Bonchev–Trinajstić information content (AvgIpc) is 2.80. The molecule has 1 aliphatic rings. The molecule has 0 saturated carbocycles. The number of hydrogen-bond acceptors (Lipinski definition) is 3. The van der Waals surface area contributed by atoms with Crippen molar-refractivity contribution in [2.45, 2.75) is 18.3 Å². The summed E-state index contributed by atoms with van der Waals surface area (Å²) in [5.41, 5.74) is 1.81. The minimum atomic E-state index is -0.0778. The van der Waals surface area contributed by atoms with Crippen LogP contribution in [-0.4, -0.2) is 25.7 Å². The smallest absolute Gasteiger partial charge is 0.251 e. The lowest BCUT2D eigenvalue weighted by atomic mass is 9.74. The van der Waals surface area contributed by atoms with E-state index in [2.05, 4.69) is 29.6 Å². The van der Waals surface area contributed by atoms with Crippen molar-refractivity contribution in [3.8, 4) is 11.5 Å². The van der Waals surface area contributed by atoms with E-state index in [0.29, 0.717) is 17.9 Å². The molecule has 4 heteroatoms. The number of para-hydroxylation sites is 1. The zero-order chi connectivity index (χ0) is 19.9. The van der Waals surface area contributed by atoms with Crippen molar-refractivity contribution >= 4 is 5.91 Å². The van der Waals surface area contributed by atoms with Gasteiger partial charge in [-0.25, -0.2) is 0 Å². The third-order valence-corrected chi connectivity index (χ3v) is 5.52. The van der Waals surface area contributed by atoms with Crippen molar-refractivity contribution < 1.29 is 14.3 Å². The highest BCUT2D eigenvalue weighted by Crippen LogP contribution is 2.34. The van der Waals surface area contributed by atoms with E-state index in [1.54, 1.807) is 12.1 Å². The zero-order valence-corrected chi connectivity index (χ0v) is 16.3. The van der Waals surface area contributed by atoms with E-state index in [9.17, 15) is 4.79 Å². The predicted molar refractivity (Wildman–Crippen MR) is 113 cm³/mol. The van der Waals surface area contributed by atoms with Crippen molar-refractivity contribution in [1.82, 2.24) is 5.32 Å². The van der Waals surface area contributed by atoms with Crippen molar-refractivity contribution in [3.63, 3.8) is 0 Å². The van der Waals surface area contributed by atoms with E-state index in [0.717, 1.165) is 31.8 Å². The molecule has 29 heavy (non-hydrogen) atoms. The lowest BCUT2D eigenvalue weighted by molar-refractivity contribution is 0.0487. The summed E-state index contributed by atoms with van der Waals surface area (Å²) in [6, 6.07) is 27.3. The van der Waals surface area contributed by atoms with Crippen LogP contribution in [0.25, 0.3) is 0 Å². The van der Waals surface area contributed by atoms with Crippen LogP contribution in [0.3, 0.4) is 0 Å². The van der Waals surface area contributed by atoms with Gasteiger partial charge in [-0.3, -0.25) is 4.79 Å². The molecule has 0 spiro atoms. The quantitative estimate of drug-likeness (QED) is 0.650. The first-order valence-corrected chi connectivity index (χ1v) is 10.00. The maximum atomic E-state index is 12.7. The molecule has 1 saturated heterocycles. The summed E-state index contributed by atoms with van der Waals surface area (Å²) in [5, 5.41) is 3.14. The largest absolute Gasteiger partial charge is 0.457 e. The van der Waals surface area contributed by atoms with E-state index in [-0.39, 0.29) is 11.3 Å². The van der Waals surface area contributed by atoms with E-state index in [1.807, 2.05) is 48.5 Å². The van der Waals surface area contributed by atoms with Gasteiger partial charge in [0.1, 0.15) is 11.5 Å². The number of ether oxygens (including phenoxy) is 2. The van der Waals surface area contributed by atoms with Crippen molar-refractivity contribution in [3.05, 3.63) is 96.1 Å². The van der Waals surface area contributed by atoms with Gasteiger partial charge in [0.15, 0.2) is 0 Å². The van der Waals surface area contributed by atoms with Gasteiger partial charge in [-0.2, -0.15) is 0 Å². The second-order valence-corrected chi connectivity index (χ2v) is 7.38. The zero-order valence-electron chi connectivity index (χ0n) is 16.3. The second kappa shape index (κ2) is 8.93. The first-order valence-electron chi connectivity index (χ1n) is 10.00. The Morgan fingerprint density at radius 3 is 2.07 bits per heavy atom. The Hall–Kier alpha value is -3.11. The predicted octanol–water partition coefficient (Wildman–Crippen LogP) is 4.96. The normalized spacial score (nSPS) is 15.4. The van der Waals surface area contributed by atoms with Gasteiger partial charge in [0, 0.05) is 30.7 Å². The topological polar surface area (TPSA) is 47.6 Å². The molecule has 1 amide bonds. The Kier molecular flexibility index (Phi) is 5.92. The number of amides is 1. The first-order chi connectivity index (χ1) is 14.3. The Labute approximate surface area is 171 Å². The van der Waals surface area contributed by atoms with E-state index >= 15 is 0 Å². The fourth-order valence-electron chi connectivity index (χ4n) is 3.77. The van der Waals surface area contributed by atoms with Crippen LogP contribution < -0.4 is 10.1 Å². The first kappa shape index (κ1) is 19.2. The highest BCUT2D eigenvalue weighted by molar-refractivity contribution is 5.94. The summed E-state index contributed by atoms with van der Waals surface area (Å²) < 4.78 is 11.4. The van der Waals surface area contributed by atoms with Crippen LogP contribution in [0.1, 0.15) is 28.8 Å². The van der Waals surface area contributed by atoms with Gasteiger partial charge < -0.3 is 14.8 Å². The van der Waals surface area contributed by atoms with Crippen LogP contribution in [0.2, 0.25) is 0 Å². The maximum absolute atomic E-state index is 12.7. The Bertz CT molecular complexity index is 917. The number of hydrogen-bond donors (Lipinski definition) is 1. The third-order valence-electron chi connectivity index (χ3n) is 5.52. The summed E-state index contributed by atoms with van der Waals surface area (Å²) in [4.78, 5) is 12.7. The lowest BCUT2D eigenvalue weighted by Crippen LogP contribution is -2.44. The molecule has 148 valence electrons.